The number of halogens is 1. The van der Waals surface area contributed by atoms with Gasteiger partial charge in [-0.15, -0.1) is 0 Å². The number of sulfonamides is 1. The third-order valence-corrected chi connectivity index (χ3v) is 4.36. The van der Waals surface area contributed by atoms with Crippen LogP contribution in [0.1, 0.15) is 11.3 Å². The van der Waals surface area contributed by atoms with Crippen LogP contribution >= 0.6 is 15.9 Å². The maximum Gasteiger partial charge on any atom is 0.263 e. The molecule has 1 N–H and O–H groups in total. The van der Waals surface area contributed by atoms with Crippen LogP contribution in [0, 0.1) is 13.8 Å². The van der Waals surface area contributed by atoms with Crippen LogP contribution in [0.5, 0.6) is 0 Å². The molecule has 0 radical (unpaired) electrons. The molecule has 0 amide bonds. The number of hydrogen-bond donors (Lipinski definition) is 1. The fourth-order valence-electron chi connectivity index (χ4n) is 1.76. The van der Waals surface area contributed by atoms with Crippen molar-refractivity contribution < 1.29 is 8.42 Å². The van der Waals surface area contributed by atoms with Gasteiger partial charge in [0.2, 0.25) is 0 Å². The molecule has 0 spiro atoms. The van der Waals surface area contributed by atoms with Gasteiger partial charge in [-0.1, -0.05) is 15.9 Å². The van der Waals surface area contributed by atoms with E-state index < -0.39 is 10.0 Å². The minimum atomic E-state index is -3.61. The van der Waals surface area contributed by atoms with Crippen molar-refractivity contribution in [2.45, 2.75) is 18.7 Å². The number of nitrogens with one attached hydrogen (secondary N) is 1. The van der Waals surface area contributed by atoms with Gasteiger partial charge in [-0.3, -0.25) is 9.40 Å². The van der Waals surface area contributed by atoms with Gasteiger partial charge in [-0.05, 0) is 37.6 Å². The Labute approximate surface area is 120 Å². The Bertz CT molecular complexity index is 702. The average Bonchev–Trinajstić information content (AvgIpc) is 2.55. The first-order valence-corrected chi connectivity index (χ1v) is 7.86. The second kappa shape index (κ2) is 4.97. The topological polar surface area (TPSA) is 64.0 Å². The van der Waals surface area contributed by atoms with E-state index in [2.05, 4.69) is 25.8 Å². The first-order chi connectivity index (χ1) is 8.78. The summed E-state index contributed by atoms with van der Waals surface area (Å²) in [5.74, 6) is 0.440. The molecule has 1 aromatic heterocycles. The fraction of sp³-hybridized carbons (Fsp3) is 0.250. The molecular formula is C12H14BrN3O2S. The quantitative estimate of drug-likeness (QED) is 0.931. The molecule has 0 atom stereocenters. The minimum absolute atomic E-state index is 0.221. The highest BCUT2D eigenvalue weighted by molar-refractivity contribution is 9.10. The molecule has 0 unspecified atom stereocenters. The predicted octanol–water partition coefficient (Wildman–Crippen LogP) is 2.60. The van der Waals surface area contributed by atoms with Crippen molar-refractivity contribution in [3.63, 3.8) is 0 Å². The molecule has 0 saturated carbocycles. The van der Waals surface area contributed by atoms with Gasteiger partial charge in [0.25, 0.3) is 10.0 Å². The van der Waals surface area contributed by atoms with Crippen LogP contribution in [0.2, 0.25) is 0 Å². The molecule has 0 aliphatic carbocycles. The summed E-state index contributed by atoms with van der Waals surface area (Å²) in [6.45, 7) is 3.65. The third-order valence-electron chi connectivity index (χ3n) is 2.57. The highest BCUT2D eigenvalue weighted by Gasteiger charge is 2.17. The normalized spacial score (nSPS) is 11.6. The molecule has 0 saturated heterocycles. The number of aryl methyl sites for hydroxylation is 3. The van der Waals surface area contributed by atoms with Crippen molar-refractivity contribution >= 4 is 31.8 Å². The molecule has 0 aliphatic rings. The van der Waals surface area contributed by atoms with Gasteiger partial charge < -0.3 is 0 Å². The Morgan fingerprint density at radius 3 is 2.42 bits per heavy atom. The van der Waals surface area contributed by atoms with Crippen molar-refractivity contribution in [2.75, 3.05) is 4.72 Å². The third kappa shape index (κ3) is 3.16. The molecule has 1 aromatic carbocycles. The van der Waals surface area contributed by atoms with Crippen LogP contribution in [0.4, 0.5) is 5.82 Å². The van der Waals surface area contributed by atoms with Crippen molar-refractivity contribution in [2.24, 2.45) is 7.05 Å². The van der Waals surface area contributed by atoms with E-state index in [0.29, 0.717) is 5.82 Å². The Kier molecular flexibility index (Phi) is 3.69. The number of aromatic nitrogens is 2. The SMILES string of the molecule is Cc1cc(Br)cc(S(=O)(=O)Nc2cc(C)nn2C)c1. The van der Waals surface area contributed by atoms with Gasteiger partial charge in [0, 0.05) is 17.6 Å². The van der Waals surface area contributed by atoms with E-state index >= 15 is 0 Å². The number of anilines is 1. The van der Waals surface area contributed by atoms with E-state index in [1.54, 1.807) is 32.2 Å². The number of rotatable bonds is 3. The first kappa shape index (κ1) is 14.1. The average molecular weight is 344 g/mol. The summed E-state index contributed by atoms with van der Waals surface area (Å²) >= 11 is 3.30. The summed E-state index contributed by atoms with van der Waals surface area (Å²) in [4.78, 5) is 0.221. The van der Waals surface area contributed by atoms with Gasteiger partial charge in [0.05, 0.1) is 10.6 Å². The smallest absolute Gasteiger partial charge is 0.263 e. The lowest BCUT2D eigenvalue weighted by Gasteiger charge is -2.09. The largest absolute Gasteiger partial charge is 0.264 e. The van der Waals surface area contributed by atoms with Gasteiger partial charge in [-0.2, -0.15) is 5.10 Å². The summed E-state index contributed by atoms with van der Waals surface area (Å²) in [6, 6.07) is 6.73. The lowest BCUT2D eigenvalue weighted by atomic mass is 10.2. The number of benzene rings is 1. The Hall–Kier alpha value is -1.34. The summed E-state index contributed by atoms with van der Waals surface area (Å²) in [6.07, 6.45) is 0. The van der Waals surface area contributed by atoms with Crippen LogP contribution in [-0.4, -0.2) is 18.2 Å². The van der Waals surface area contributed by atoms with Gasteiger partial charge in [0.15, 0.2) is 0 Å². The Balaban J connectivity index is 2.40. The molecule has 1 heterocycles. The van der Waals surface area contributed by atoms with Crippen molar-refractivity contribution in [3.8, 4) is 0 Å². The molecule has 5 nitrogen and oxygen atoms in total. The molecule has 0 fully saturated rings. The van der Waals surface area contributed by atoms with Crippen LogP contribution in [-0.2, 0) is 17.1 Å². The Morgan fingerprint density at radius 2 is 1.89 bits per heavy atom. The standard InChI is InChI=1S/C12H14BrN3O2S/c1-8-4-10(13)7-11(5-8)19(17,18)15-12-6-9(2)14-16(12)3/h4-7,15H,1-3H3. The monoisotopic (exact) mass is 343 g/mol. The number of hydrogen-bond acceptors (Lipinski definition) is 3. The van der Waals surface area contributed by atoms with Gasteiger partial charge >= 0.3 is 0 Å². The lowest BCUT2D eigenvalue weighted by Crippen LogP contribution is -2.15. The maximum atomic E-state index is 12.3. The summed E-state index contributed by atoms with van der Waals surface area (Å²) in [5.41, 5.74) is 1.63. The van der Waals surface area contributed by atoms with Crippen molar-refractivity contribution in [1.29, 1.82) is 0 Å². The highest BCUT2D eigenvalue weighted by atomic mass is 79.9. The van der Waals surface area contributed by atoms with E-state index in [0.717, 1.165) is 15.7 Å². The van der Waals surface area contributed by atoms with E-state index in [9.17, 15) is 8.42 Å². The van der Waals surface area contributed by atoms with E-state index in [4.69, 9.17) is 0 Å². The van der Waals surface area contributed by atoms with Crippen LogP contribution < -0.4 is 4.72 Å². The molecule has 7 heteroatoms. The van der Waals surface area contributed by atoms with Crippen molar-refractivity contribution in [3.05, 3.63) is 40.0 Å². The van der Waals surface area contributed by atoms with E-state index in [1.807, 2.05) is 13.0 Å². The maximum absolute atomic E-state index is 12.3. The minimum Gasteiger partial charge on any atom is -0.264 e. The summed E-state index contributed by atoms with van der Waals surface area (Å²) < 4.78 is 29.3. The fourth-order valence-corrected chi connectivity index (χ4v) is 3.73. The van der Waals surface area contributed by atoms with Gasteiger partial charge in [0.1, 0.15) is 5.82 Å². The lowest BCUT2D eigenvalue weighted by molar-refractivity contribution is 0.600. The highest BCUT2D eigenvalue weighted by Crippen LogP contribution is 2.21. The summed E-state index contributed by atoms with van der Waals surface area (Å²) in [5, 5.41) is 4.10. The zero-order chi connectivity index (χ0) is 14.2. The van der Waals surface area contributed by atoms with Gasteiger partial charge in [-0.25, -0.2) is 8.42 Å². The molecule has 2 aromatic rings. The summed E-state index contributed by atoms with van der Waals surface area (Å²) in [7, 11) is -1.92. The molecule has 102 valence electrons. The number of nitrogens with zero attached hydrogens (tertiary/aromatic N) is 2. The van der Waals surface area contributed by atoms with Crippen molar-refractivity contribution in [1.82, 2.24) is 9.78 Å². The zero-order valence-electron chi connectivity index (χ0n) is 10.8. The molecule has 19 heavy (non-hydrogen) atoms. The molecule has 0 aliphatic heterocycles. The second-order valence-electron chi connectivity index (χ2n) is 4.36. The molecule has 0 bridgehead atoms. The van der Waals surface area contributed by atoms with Crippen LogP contribution in [0.25, 0.3) is 0 Å². The van der Waals surface area contributed by atoms with E-state index in [1.165, 1.54) is 4.68 Å². The zero-order valence-corrected chi connectivity index (χ0v) is 13.2. The van der Waals surface area contributed by atoms with E-state index in [-0.39, 0.29) is 4.90 Å². The molecular weight excluding hydrogens is 330 g/mol. The predicted molar refractivity (Wildman–Crippen MR) is 77.6 cm³/mol. The Morgan fingerprint density at radius 1 is 1.21 bits per heavy atom. The molecule has 2 rings (SSSR count). The van der Waals surface area contributed by atoms with Crippen LogP contribution in [0.3, 0.4) is 0 Å². The van der Waals surface area contributed by atoms with Crippen LogP contribution in [0.15, 0.2) is 33.6 Å². The second-order valence-corrected chi connectivity index (χ2v) is 6.96. The first-order valence-electron chi connectivity index (χ1n) is 5.58.